The Labute approximate surface area is 48.5 Å². The molecule has 1 atom stereocenters. The molecule has 0 amide bonds. The summed E-state index contributed by atoms with van der Waals surface area (Å²) in [5.74, 6) is 0.149. The van der Waals surface area contributed by atoms with Crippen LogP contribution in [0.25, 0.3) is 0 Å². The molecule has 1 aliphatic carbocycles. The van der Waals surface area contributed by atoms with Gasteiger partial charge in [-0.1, -0.05) is 0 Å². The zero-order valence-electron chi connectivity index (χ0n) is 4.72. The number of carbonyl (C=O) groups excluding carboxylic acids is 1. The fraction of sp³-hybridized carbons (Fsp3) is 0.833. The second-order valence-electron chi connectivity index (χ2n) is 2.26. The van der Waals surface area contributed by atoms with Crippen LogP contribution in [0.1, 0.15) is 25.7 Å². The Morgan fingerprint density at radius 1 is 1.50 bits per heavy atom. The zero-order valence-corrected chi connectivity index (χ0v) is 4.72. The third-order valence-corrected chi connectivity index (χ3v) is 1.44. The van der Waals surface area contributed by atoms with Crippen molar-refractivity contribution in [2.75, 3.05) is 0 Å². The summed E-state index contributed by atoms with van der Waals surface area (Å²) in [4.78, 5) is 10.5. The average Bonchev–Trinajstić information content (AvgIpc) is 1.64. The second kappa shape index (κ2) is 2.27. The molecule has 1 rings (SSSR count). The lowest BCUT2D eigenvalue weighted by molar-refractivity contribution is -0.124. The van der Waals surface area contributed by atoms with Crippen LogP contribution in [0.5, 0.6) is 0 Å². The summed E-state index contributed by atoms with van der Waals surface area (Å²) >= 11 is 0. The monoisotopic (exact) mass is 113 g/mol. The second-order valence-corrected chi connectivity index (χ2v) is 2.26. The van der Waals surface area contributed by atoms with Gasteiger partial charge in [-0.3, -0.25) is 4.79 Å². The van der Waals surface area contributed by atoms with Crippen LogP contribution in [0.4, 0.5) is 0 Å². The van der Waals surface area contributed by atoms with E-state index in [9.17, 15) is 9.90 Å². The highest BCUT2D eigenvalue weighted by Gasteiger charge is 2.17. The largest absolute Gasteiger partial charge is 0.300 e. The maximum Gasteiger partial charge on any atom is 0.135 e. The molecule has 0 spiro atoms. The first kappa shape index (κ1) is 5.76. The lowest BCUT2D eigenvalue weighted by Gasteiger charge is -2.11. The van der Waals surface area contributed by atoms with E-state index in [4.69, 9.17) is 0 Å². The van der Waals surface area contributed by atoms with Gasteiger partial charge in [0.2, 0.25) is 0 Å². The van der Waals surface area contributed by atoms with Gasteiger partial charge >= 0.3 is 0 Å². The Balaban J connectivity index is 2.34. The summed E-state index contributed by atoms with van der Waals surface area (Å²) in [5, 5.41) is 10.5. The van der Waals surface area contributed by atoms with E-state index >= 15 is 0 Å². The number of hydrogen-bond acceptors (Lipinski definition) is 1. The third-order valence-electron chi connectivity index (χ3n) is 1.44. The number of hydrogen-bond donors (Lipinski definition) is 0. The molecule has 2 heteroatoms. The van der Waals surface area contributed by atoms with Gasteiger partial charge in [0.1, 0.15) is 5.78 Å². The van der Waals surface area contributed by atoms with Gasteiger partial charge in [0.05, 0.1) is 6.10 Å². The standard InChI is InChI=1S/C6H9O2/c7-5-2-1-3-6(8)4-5/h5H,1-4H2. The normalized spacial score (nSPS) is 30.6. The molecule has 2 nitrogen and oxygen atoms in total. The van der Waals surface area contributed by atoms with Crippen molar-refractivity contribution < 1.29 is 9.90 Å². The fourth-order valence-electron chi connectivity index (χ4n) is 0.985. The van der Waals surface area contributed by atoms with Crippen LogP contribution >= 0.6 is 0 Å². The van der Waals surface area contributed by atoms with E-state index in [1.807, 2.05) is 0 Å². The lowest BCUT2D eigenvalue weighted by atomic mass is 9.97. The molecule has 0 aromatic carbocycles. The van der Waals surface area contributed by atoms with Gasteiger partial charge in [0.15, 0.2) is 0 Å². The molecule has 1 aliphatic rings. The van der Waals surface area contributed by atoms with Crippen LogP contribution in [-0.4, -0.2) is 11.9 Å². The van der Waals surface area contributed by atoms with Crippen molar-refractivity contribution in [3.8, 4) is 0 Å². The van der Waals surface area contributed by atoms with Gasteiger partial charge < -0.3 is 0 Å². The van der Waals surface area contributed by atoms with E-state index in [1.54, 1.807) is 0 Å². The van der Waals surface area contributed by atoms with E-state index < -0.39 is 6.10 Å². The molecule has 45 valence electrons. The first-order valence-electron chi connectivity index (χ1n) is 2.96. The number of ketones is 1. The maximum absolute atomic E-state index is 10.5. The molecule has 1 unspecified atom stereocenters. The van der Waals surface area contributed by atoms with Crippen LogP contribution in [0.15, 0.2) is 0 Å². The summed E-state index contributed by atoms with van der Waals surface area (Å²) in [7, 11) is 0. The van der Waals surface area contributed by atoms with Crippen LogP contribution in [0.2, 0.25) is 0 Å². The predicted octanol–water partition coefficient (Wildman–Crippen LogP) is 0.929. The SMILES string of the molecule is [O]C1CCCC(=O)C1. The number of Topliss-reactive ketones (excluding diaryl/α,β-unsaturated/α-hetero) is 1. The summed E-state index contributed by atoms with van der Waals surface area (Å²) in [6.07, 6.45) is 1.84. The quantitative estimate of drug-likeness (QED) is 0.460. The molecular weight excluding hydrogens is 104 g/mol. The van der Waals surface area contributed by atoms with Gasteiger partial charge in [0.25, 0.3) is 0 Å². The molecule has 0 aromatic rings. The molecule has 1 saturated carbocycles. The van der Waals surface area contributed by atoms with Gasteiger partial charge in [0, 0.05) is 12.8 Å². The molecular formula is C6H9O2. The van der Waals surface area contributed by atoms with Crippen molar-refractivity contribution in [1.82, 2.24) is 0 Å². The molecule has 8 heavy (non-hydrogen) atoms. The van der Waals surface area contributed by atoms with Gasteiger partial charge in [-0.25, -0.2) is 5.11 Å². The summed E-state index contributed by atoms with van der Waals surface area (Å²) in [6.45, 7) is 0. The van der Waals surface area contributed by atoms with Gasteiger partial charge in [-0.05, 0) is 12.8 Å². The predicted molar refractivity (Wildman–Crippen MR) is 27.9 cm³/mol. The van der Waals surface area contributed by atoms with Crippen molar-refractivity contribution in [2.24, 2.45) is 0 Å². The highest BCUT2D eigenvalue weighted by molar-refractivity contribution is 5.79. The van der Waals surface area contributed by atoms with E-state index in [-0.39, 0.29) is 12.2 Å². The smallest absolute Gasteiger partial charge is 0.135 e. The molecule has 0 heterocycles. The van der Waals surface area contributed by atoms with Crippen molar-refractivity contribution in [1.29, 1.82) is 0 Å². The van der Waals surface area contributed by atoms with Crippen molar-refractivity contribution in [2.45, 2.75) is 31.8 Å². The van der Waals surface area contributed by atoms with Gasteiger partial charge in [-0.2, -0.15) is 0 Å². The van der Waals surface area contributed by atoms with Crippen LogP contribution in [-0.2, 0) is 9.90 Å². The van der Waals surface area contributed by atoms with E-state index in [0.29, 0.717) is 12.8 Å². The molecule has 0 bridgehead atoms. The van der Waals surface area contributed by atoms with E-state index in [1.165, 1.54) is 0 Å². The first-order chi connectivity index (χ1) is 3.79. The topological polar surface area (TPSA) is 37.0 Å². The first-order valence-corrected chi connectivity index (χ1v) is 2.96. The van der Waals surface area contributed by atoms with E-state index in [2.05, 4.69) is 0 Å². The van der Waals surface area contributed by atoms with Crippen molar-refractivity contribution in [3.63, 3.8) is 0 Å². The number of carbonyl (C=O) groups is 1. The molecule has 1 fully saturated rings. The van der Waals surface area contributed by atoms with Crippen LogP contribution < -0.4 is 0 Å². The molecule has 0 saturated heterocycles. The summed E-state index contributed by atoms with van der Waals surface area (Å²) < 4.78 is 0. The molecule has 0 aliphatic heterocycles. The highest BCUT2D eigenvalue weighted by atomic mass is 16.3. The molecule has 1 radical (unpaired) electrons. The van der Waals surface area contributed by atoms with Crippen LogP contribution in [0, 0.1) is 0 Å². The summed E-state index contributed by atoms with van der Waals surface area (Å²) in [5.41, 5.74) is 0. The molecule has 0 aromatic heterocycles. The molecule has 0 N–H and O–H groups in total. The Kier molecular flexibility index (Phi) is 1.63. The maximum atomic E-state index is 10.5. The Morgan fingerprint density at radius 3 is 2.62 bits per heavy atom. The third kappa shape index (κ3) is 1.30. The van der Waals surface area contributed by atoms with Crippen molar-refractivity contribution in [3.05, 3.63) is 0 Å². The van der Waals surface area contributed by atoms with Gasteiger partial charge in [-0.15, -0.1) is 0 Å². The lowest BCUT2D eigenvalue weighted by Crippen LogP contribution is -2.17. The Morgan fingerprint density at radius 2 is 2.25 bits per heavy atom. The fourth-order valence-corrected chi connectivity index (χ4v) is 0.985. The minimum Gasteiger partial charge on any atom is -0.300 e. The Bertz CT molecular complexity index is 98.7. The average molecular weight is 113 g/mol. The van der Waals surface area contributed by atoms with E-state index in [0.717, 1.165) is 6.42 Å². The minimum atomic E-state index is -0.587. The van der Waals surface area contributed by atoms with Crippen molar-refractivity contribution >= 4 is 5.78 Å². The minimum absolute atomic E-state index is 0.149. The summed E-state index contributed by atoms with van der Waals surface area (Å²) in [6, 6.07) is 0. The zero-order chi connectivity index (χ0) is 5.98. The number of rotatable bonds is 0. The Hall–Kier alpha value is -0.370. The highest BCUT2D eigenvalue weighted by Crippen LogP contribution is 2.14. The van der Waals surface area contributed by atoms with Crippen LogP contribution in [0.3, 0.4) is 0 Å².